The summed E-state index contributed by atoms with van der Waals surface area (Å²) >= 11 is 0. The van der Waals surface area contributed by atoms with Crippen LogP contribution < -0.4 is 4.74 Å². The summed E-state index contributed by atoms with van der Waals surface area (Å²) in [5.41, 5.74) is -1.24. The molecule has 0 aliphatic carbocycles. The van der Waals surface area contributed by atoms with Gasteiger partial charge in [-0.1, -0.05) is 12.1 Å². The number of likely N-dealkylation sites (tertiary alicyclic amines) is 1. The zero-order chi connectivity index (χ0) is 22.7. The maximum atomic E-state index is 13.2. The molecule has 0 bridgehead atoms. The van der Waals surface area contributed by atoms with Gasteiger partial charge in [-0.3, -0.25) is 4.79 Å². The van der Waals surface area contributed by atoms with Crippen molar-refractivity contribution in [1.29, 1.82) is 0 Å². The summed E-state index contributed by atoms with van der Waals surface area (Å²) in [6.45, 7) is 1.92. The Morgan fingerprint density at radius 3 is 2.72 bits per heavy atom. The minimum absolute atomic E-state index is 0.0156. The highest BCUT2D eigenvalue weighted by Gasteiger charge is 2.35. The monoisotopic (exact) mass is 443 g/mol. The van der Waals surface area contributed by atoms with E-state index in [-0.39, 0.29) is 23.5 Å². The van der Waals surface area contributed by atoms with Crippen molar-refractivity contribution in [3.63, 3.8) is 0 Å². The minimum Gasteiger partial charge on any atom is -0.472 e. The van der Waals surface area contributed by atoms with E-state index in [4.69, 9.17) is 4.74 Å². The summed E-state index contributed by atoms with van der Waals surface area (Å²) in [6.07, 6.45) is 2.49. The number of hydrogen-bond donors (Lipinski definition) is 1. The Labute approximate surface area is 183 Å². The lowest BCUT2D eigenvalue weighted by Crippen LogP contribution is -2.44. The van der Waals surface area contributed by atoms with Gasteiger partial charge in [-0.25, -0.2) is 13.8 Å². The molecule has 2 atom stereocenters. The Hall–Kier alpha value is -3.40. The van der Waals surface area contributed by atoms with Crippen molar-refractivity contribution in [1.82, 2.24) is 24.9 Å². The number of carbonyl (C=O) groups excluding carboxylic acids is 1. The third-order valence-electron chi connectivity index (χ3n) is 5.47. The second-order valence-corrected chi connectivity index (χ2v) is 7.80. The van der Waals surface area contributed by atoms with Crippen LogP contribution in [0.5, 0.6) is 5.88 Å². The summed E-state index contributed by atoms with van der Waals surface area (Å²) in [5, 5.41) is 18.3. The van der Waals surface area contributed by atoms with E-state index in [2.05, 4.69) is 15.2 Å². The minimum atomic E-state index is -2.95. The Morgan fingerprint density at radius 2 is 1.97 bits per heavy atom. The van der Waals surface area contributed by atoms with Crippen LogP contribution in [0.3, 0.4) is 0 Å². The van der Waals surface area contributed by atoms with Crippen molar-refractivity contribution in [2.75, 3.05) is 13.1 Å². The summed E-state index contributed by atoms with van der Waals surface area (Å²) < 4.78 is 32.2. The number of ether oxygens (including phenoxy) is 1. The van der Waals surface area contributed by atoms with E-state index in [1.165, 1.54) is 23.1 Å². The highest BCUT2D eigenvalue weighted by Crippen LogP contribution is 2.30. The maximum absolute atomic E-state index is 13.2. The first kappa shape index (κ1) is 21.8. The molecular weight excluding hydrogens is 420 g/mol. The normalized spacial score (nSPS) is 18.4. The number of pyridine rings is 1. The number of hydrogen-bond acceptors (Lipinski definition) is 6. The van der Waals surface area contributed by atoms with Gasteiger partial charge in [0, 0.05) is 18.8 Å². The molecular formula is C22H23F2N5O3. The number of rotatable bonds is 6. The molecule has 10 heteroatoms. The first-order valence-electron chi connectivity index (χ1n) is 10.2. The number of piperidine rings is 1. The standard InChI is InChI=1S/C22H23F2N5O3/c1-22(31,21(23)24)15-8-9-25-19(13-15)32-16-5-4-12-28(14-16)20(30)17-6-2-3-7-18(17)29-26-10-11-27-29/h2-3,6-11,13,16,21,31H,4-5,12,14H2,1H3. The van der Waals surface area contributed by atoms with Gasteiger partial charge in [-0.15, -0.1) is 0 Å². The molecule has 0 radical (unpaired) electrons. The number of nitrogens with zero attached hydrogens (tertiary/aromatic N) is 5. The molecule has 1 amide bonds. The number of halogens is 2. The average molecular weight is 443 g/mol. The van der Waals surface area contributed by atoms with Gasteiger partial charge >= 0.3 is 0 Å². The van der Waals surface area contributed by atoms with Crippen molar-refractivity contribution in [3.05, 3.63) is 66.1 Å². The molecule has 3 aromatic rings. The summed E-state index contributed by atoms with van der Waals surface area (Å²) in [4.78, 5) is 20.4. The Bertz CT molecular complexity index is 1070. The van der Waals surface area contributed by atoms with Crippen molar-refractivity contribution in [3.8, 4) is 11.6 Å². The van der Waals surface area contributed by atoms with Crippen molar-refractivity contribution < 1.29 is 23.4 Å². The van der Waals surface area contributed by atoms with Crippen LogP contribution in [-0.4, -0.2) is 61.5 Å². The SMILES string of the molecule is CC(O)(c1ccnc(OC2CCCN(C(=O)c3ccccc3-n3nccn3)C2)c1)C(F)F. The predicted molar refractivity (Wildman–Crippen MR) is 111 cm³/mol. The lowest BCUT2D eigenvalue weighted by Gasteiger charge is -2.33. The number of aliphatic hydroxyl groups is 1. The first-order valence-corrected chi connectivity index (χ1v) is 10.2. The van der Waals surface area contributed by atoms with Gasteiger partial charge in [0.1, 0.15) is 11.7 Å². The molecule has 3 heterocycles. The van der Waals surface area contributed by atoms with Crippen LogP contribution >= 0.6 is 0 Å². The molecule has 1 aliphatic heterocycles. The zero-order valence-electron chi connectivity index (χ0n) is 17.4. The highest BCUT2D eigenvalue weighted by atomic mass is 19.3. The molecule has 1 fully saturated rings. The van der Waals surface area contributed by atoms with Gasteiger partial charge in [-0.05, 0) is 43.5 Å². The average Bonchev–Trinajstić information content (AvgIpc) is 3.34. The molecule has 0 spiro atoms. The van der Waals surface area contributed by atoms with Crippen LogP contribution in [0.2, 0.25) is 0 Å². The van der Waals surface area contributed by atoms with E-state index in [0.717, 1.165) is 6.92 Å². The van der Waals surface area contributed by atoms with Gasteiger partial charge < -0.3 is 14.7 Å². The Balaban J connectivity index is 1.49. The van der Waals surface area contributed by atoms with Crippen LogP contribution in [0.1, 0.15) is 35.7 Å². The van der Waals surface area contributed by atoms with E-state index >= 15 is 0 Å². The van der Waals surface area contributed by atoms with E-state index in [1.54, 1.807) is 35.5 Å². The van der Waals surface area contributed by atoms with Crippen LogP contribution in [0.15, 0.2) is 55.0 Å². The van der Waals surface area contributed by atoms with Crippen LogP contribution in [0.4, 0.5) is 8.78 Å². The molecule has 8 nitrogen and oxygen atoms in total. The molecule has 1 saturated heterocycles. The summed E-state index contributed by atoms with van der Waals surface area (Å²) in [6, 6.07) is 9.73. The molecule has 2 aromatic heterocycles. The smallest absolute Gasteiger partial charge is 0.270 e. The number of alkyl halides is 2. The van der Waals surface area contributed by atoms with Crippen molar-refractivity contribution >= 4 is 5.91 Å². The number of para-hydroxylation sites is 1. The van der Waals surface area contributed by atoms with Gasteiger partial charge in [0.2, 0.25) is 5.88 Å². The maximum Gasteiger partial charge on any atom is 0.270 e. The van der Waals surface area contributed by atoms with Crippen molar-refractivity contribution in [2.45, 2.75) is 37.9 Å². The van der Waals surface area contributed by atoms with E-state index in [0.29, 0.717) is 37.2 Å². The highest BCUT2D eigenvalue weighted by molar-refractivity contribution is 5.97. The second kappa shape index (κ2) is 8.99. The van der Waals surface area contributed by atoms with Crippen LogP contribution in [0.25, 0.3) is 5.69 Å². The largest absolute Gasteiger partial charge is 0.472 e. The number of amides is 1. The van der Waals surface area contributed by atoms with Crippen LogP contribution in [0, 0.1) is 0 Å². The first-order chi connectivity index (χ1) is 15.4. The Kier molecular flexibility index (Phi) is 6.13. The topological polar surface area (TPSA) is 93.4 Å². The molecule has 1 N–H and O–H groups in total. The quantitative estimate of drug-likeness (QED) is 0.630. The van der Waals surface area contributed by atoms with Gasteiger partial charge in [-0.2, -0.15) is 15.0 Å². The molecule has 2 unspecified atom stereocenters. The molecule has 4 rings (SSSR count). The van der Waals surface area contributed by atoms with Gasteiger partial charge in [0.15, 0.2) is 0 Å². The third kappa shape index (κ3) is 4.45. The number of aromatic nitrogens is 4. The van der Waals surface area contributed by atoms with E-state index < -0.39 is 12.0 Å². The molecule has 32 heavy (non-hydrogen) atoms. The fourth-order valence-corrected chi connectivity index (χ4v) is 3.64. The van der Waals surface area contributed by atoms with E-state index in [9.17, 15) is 18.7 Å². The third-order valence-corrected chi connectivity index (χ3v) is 5.47. The van der Waals surface area contributed by atoms with Gasteiger partial charge in [0.25, 0.3) is 12.3 Å². The predicted octanol–water partition coefficient (Wildman–Crippen LogP) is 2.82. The Morgan fingerprint density at radius 1 is 1.22 bits per heavy atom. The zero-order valence-corrected chi connectivity index (χ0v) is 17.4. The summed E-state index contributed by atoms with van der Waals surface area (Å²) in [7, 11) is 0. The molecule has 1 aromatic carbocycles. The second-order valence-electron chi connectivity index (χ2n) is 7.80. The molecule has 1 aliphatic rings. The lowest BCUT2D eigenvalue weighted by atomic mass is 9.98. The fourth-order valence-electron chi connectivity index (χ4n) is 3.64. The fraction of sp³-hybridized carbons (Fsp3) is 0.364. The van der Waals surface area contributed by atoms with Gasteiger partial charge in [0.05, 0.1) is 30.2 Å². The van der Waals surface area contributed by atoms with E-state index in [1.807, 2.05) is 6.07 Å². The lowest BCUT2D eigenvalue weighted by molar-refractivity contribution is -0.0885. The number of carbonyl (C=O) groups is 1. The van der Waals surface area contributed by atoms with Crippen LogP contribution in [-0.2, 0) is 5.60 Å². The summed E-state index contributed by atoms with van der Waals surface area (Å²) in [5.74, 6) is -0.0441. The molecule has 168 valence electrons. The van der Waals surface area contributed by atoms with Crippen molar-refractivity contribution in [2.24, 2.45) is 0 Å². The molecule has 0 saturated carbocycles. The number of benzene rings is 1.